The average molecular weight is 262 g/mol. The second kappa shape index (κ2) is 6.92. The molecule has 0 saturated heterocycles. The first-order chi connectivity index (χ1) is 8.88. The third-order valence-corrected chi connectivity index (χ3v) is 2.69. The Balaban J connectivity index is 2.68. The average Bonchev–Trinajstić information content (AvgIpc) is 2.26. The fourth-order valence-electron chi connectivity index (χ4n) is 1.85. The highest BCUT2D eigenvalue weighted by atomic mass is 16.2. The number of hydrogen-bond donors (Lipinski definition) is 1. The highest BCUT2D eigenvalue weighted by Crippen LogP contribution is 2.07. The fourth-order valence-corrected chi connectivity index (χ4v) is 1.85. The molecule has 1 rings (SSSR count). The van der Waals surface area contributed by atoms with Crippen LogP contribution in [-0.4, -0.2) is 29.3 Å². The fraction of sp³-hybridized carbons (Fsp3) is 0.467. The Morgan fingerprint density at radius 1 is 1.32 bits per heavy atom. The van der Waals surface area contributed by atoms with Crippen molar-refractivity contribution >= 4 is 11.8 Å². The van der Waals surface area contributed by atoms with Crippen molar-refractivity contribution in [1.82, 2.24) is 10.2 Å². The van der Waals surface area contributed by atoms with Gasteiger partial charge in [-0.05, 0) is 26.3 Å². The third kappa shape index (κ3) is 5.55. The van der Waals surface area contributed by atoms with Crippen molar-refractivity contribution in [3.05, 3.63) is 35.4 Å². The van der Waals surface area contributed by atoms with Crippen LogP contribution < -0.4 is 5.32 Å². The predicted octanol–water partition coefficient (Wildman–Crippen LogP) is 1.87. The van der Waals surface area contributed by atoms with Crippen LogP contribution in [0.15, 0.2) is 24.3 Å². The van der Waals surface area contributed by atoms with Crippen molar-refractivity contribution in [3.63, 3.8) is 0 Å². The number of hydrogen-bond acceptors (Lipinski definition) is 2. The lowest BCUT2D eigenvalue weighted by atomic mass is 10.1. The molecule has 0 spiro atoms. The van der Waals surface area contributed by atoms with E-state index >= 15 is 0 Å². The molecule has 0 aromatic heterocycles. The Bertz CT molecular complexity index is 455. The normalized spacial score (nSPS) is 10.4. The molecule has 0 unspecified atom stereocenters. The minimum absolute atomic E-state index is 0.0836. The van der Waals surface area contributed by atoms with Gasteiger partial charge in [-0.1, -0.05) is 29.8 Å². The van der Waals surface area contributed by atoms with Gasteiger partial charge in [0.05, 0.1) is 6.54 Å². The van der Waals surface area contributed by atoms with E-state index in [1.54, 1.807) is 4.90 Å². The van der Waals surface area contributed by atoms with E-state index in [0.717, 1.165) is 11.1 Å². The molecule has 0 radical (unpaired) electrons. The maximum atomic E-state index is 11.7. The van der Waals surface area contributed by atoms with Crippen LogP contribution in [0.25, 0.3) is 0 Å². The number of carbonyl (C=O) groups is 2. The minimum atomic E-state index is -0.127. The summed E-state index contributed by atoms with van der Waals surface area (Å²) in [5, 5.41) is 2.79. The molecule has 0 heterocycles. The summed E-state index contributed by atoms with van der Waals surface area (Å²) in [6.45, 7) is 7.85. The Kier molecular flexibility index (Phi) is 5.55. The van der Waals surface area contributed by atoms with E-state index in [0.29, 0.717) is 6.54 Å². The van der Waals surface area contributed by atoms with E-state index in [9.17, 15) is 9.59 Å². The van der Waals surface area contributed by atoms with Crippen LogP contribution in [0.2, 0.25) is 0 Å². The molecule has 1 aromatic rings. The second-order valence-electron chi connectivity index (χ2n) is 5.09. The first-order valence-electron chi connectivity index (χ1n) is 6.49. The van der Waals surface area contributed by atoms with Gasteiger partial charge in [0.1, 0.15) is 0 Å². The zero-order valence-corrected chi connectivity index (χ0v) is 12.1. The molecule has 1 N–H and O–H groups in total. The quantitative estimate of drug-likeness (QED) is 0.880. The Hall–Kier alpha value is -1.84. The van der Waals surface area contributed by atoms with Crippen molar-refractivity contribution < 1.29 is 9.59 Å². The predicted molar refractivity (Wildman–Crippen MR) is 75.5 cm³/mol. The van der Waals surface area contributed by atoms with E-state index < -0.39 is 0 Å². The molecule has 0 bridgehead atoms. The van der Waals surface area contributed by atoms with Gasteiger partial charge >= 0.3 is 0 Å². The summed E-state index contributed by atoms with van der Waals surface area (Å²) in [5.74, 6) is -0.224. The molecule has 104 valence electrons. The van der Waals surface area contributed by atoms with Gasteiger partial charge in [0.15, 0.2) is 0 Å². The van der Waals surface area contributed by atoms with Crippen LogP contribution in [0.3, 0.4) is 0 Å². The van der Waals surface area contributed by atoms with Crippen LogP contribution in [0.5, 0.6) is 0 Å². The van der Waals surface area contributed by atoms with E-state index in [2.05, 4.69) is 5.32 Å². The minimum Gasteiger partial charge on any atom is -0.352 e. The monoisotopic (exact) mass is 262 g/mol. The van der Waals surface area contributed by atoms with Crippen LogP contribution in [0, 0.1) is 6.92 Å². The van der Waals surface area contributed by atoms with Crippen LogP contribution in [0.4, 0.5) is 0 Å². The summed E-state index contributed by atoms with van der Waals surface area (Å²) in [7, 11) is 0. The van der Waals surface area contributed by atoms with Gasteiger partial charge in [-0.15, -0.1) is 0 Å². The number of benzene rings is 1. The highest BCUT2D eigenvalue weighted by molar-refractivity contribution is 5.83. The van der Waals surface area contributed by atoms with Gasteiger partial charge in [0.25, 0.3) is 0 Å². The molecular formula is C15H22N2O2. The Morgan fingerprint density at radius 2 is 2.00 bits per heavy atom. The molecule has 4 nitrogen and oxygen atoms in total. The summed E-state index contributed by atoms with van der Waals surface area (Å²) >= 11 is 0. The van der Waals surface area contributed by atoms with Crippen molar-refractivity contribution in [2.45, 2.75) is 40.3 Å². The number of nitrogens with zero attached hydrogens (tertiary/aromatic N) is 1. The van der Waals surface area contributed by atoms with Gasteiger partial charge in [-0.25, -0.2) is 0 Å². The van der Waals surface area contributed by atoms with Crippen molar-refractivity contribution in [2.75, 3.05) is 6.54 Å². The first kappa shape index (κ1) is 15.2. The standard InChI is InChI=1S/C15H22N2O2/c1-11(2)16-15(19)10-17(13(4)18)9-14-7-5-6-12(3)8-14/h5-8,11H,9-10H2,1-4H3,(H,16,19). The second-order valence-corrected chi connectivity index (χ2v) is 5.09. The number of carbonyl (C=O) groups excluding carboxylic acids is 2. The van der Waals surface area contributed by atoms with Crippen molar-refractivity contribution in [3.8, 4) is 0 Å². The van der Waals surface area contributed by atoms with Gasteiger partial charge in [0.2, 0.25) is 11.8 Å². The molecule has 19 heavy (non-hydrogen) atoms. The number of nitrogens with one attached hydrogen (secondary N) is 1. The number of aryl methyl sites for hydroxylation is 1. The Morgan fingerprint density at radius 3 is 2.53 bits per heavy atom. The number of rotatable bonds is 5. The topological polar surface area (TPSA) is 49.4 Å². The summed E-state index contributed by atoms with van der Waals surface area (Å²) < 4.78 is 0. The van der Waals surface area contributed by atoms with E-state index in [1.165, 1.54) is 6.92 Å². The molecule has 0 aliphatic rings. The molecule has 0 saturated carbocycles. The molecule has 0 atom stereocenters. The van der Waals surface area contributed by atoms with Gasteiger partial charge < -0.3 is 10.2 Å². The van der Waals surface area contributed by atoms with Crippen LogP contribution in [-0.2, 0) is 16.1 Å². The SMILES string of the molecule is CC(=O)N(CC(=O)NC(C)C)Cc1cccc(C)c1. The zero-order valence-electron chi connectivity index (χ0n) is 12.1. The van der Waals surface area contributed by atoms with Crippen molar-refractivity contribution in [1.29, 1.82) is 0 Å². The first-order valence-corrected chi connectivity index (χ1v) is 6.49. The molecule has 1 aromatic carbocycles. The lowest BCUT2D eigenvalue weighted by molar-refractivity contribution is -0.135. The van der Waals surface area contributed by atoms with E-state index in [-0.39, 0.29) is 24.4 Å². The van der Waals surface area contributed by atoms with Gasteiger partial charge in [0, 0.05) is 19.5 Å². The van der Waals surface area contributed by atoms with Crippen LogP contribution in [0.1, 0.15) is 31.9 Å². The Labute approximate surface area is 114 Å². The molecule has 2 amide bonds. The zero-order chi connectivity index (χ0) is 14.4. The largest absolute Gasteiger partial charge is 0.352 e. The number of amides is 2. The highest BCUT2D eigenvalue weighted by Gasteiger charge is 2.14. The summed E-state index contributed by atoms with van der Waals surface area (Å²) in [4.78, 5) is 24.9. The lowest BCUT2D eigenvalue weighted by Crippen LogP contribution is -2.41. The molecule has 0 aliphatic carbocycles. The summed E-state index contributed by atoms with van der Waals surface area (Å²) in [6.07, 6.45) is 0. The summed E-state index contributed by atoms with van der Waals surface area (Å²) in [6, 6.07) is 8.03. The molecule has 4 heteroatoms. The third-order valence-electron chi connectivity index (χ3n) is 2.69. The molecule has 0 aliphatic heterocycles. The van der Waals surface area contributed by atoms with Crippen LogP contribution >= 0.6 is 0 Å². The van der Waals surface area contributed by atoms with Crippen molar-refractivity contribution in [2.24, 2.45) is 0 Å². The lowest BCUT2D eigenvalue weighted by Gasteiger charge is -2.21. The smallest absolute Gasteiger partial charge is 0.239 e. The molecule has 0 fully saturated rings. The van der Waals surface area contributed by atoms with E-state index in [1.807, 2.05) is 45.0 Å². The maximum Gasteiger partial charge on any atom is 0.239 e. The molecular weight excluding hydrogens is 240 g/mol. The summed E-state index contributed by atoms with van der Waals surface area (Å²) in [5.41, 5.74) is 2.18. The van der Waals surface area contributed by atoms with Gasteiger partial charge in [-0.3, -0.25) is 9.59 Å². The van der Waals surface area contributed by atoms with Gasteiger partial charge in [-0.2, -0.15) is 0 Å². The van der Waals surface area contributed by atoms with E-state index in [4.69, 9.17) is 0 Å². The maximum absolute atomic E-state index is 11.7.